The standard InChI is InChI=1S/C32H39ClF3NO5/c1-20(19-38)15-23-16-21-9-10-22(29(2,3)42-5)17-26(21)30(23)11-13-31(14-12-30,28(40)41-4)37(27(39)32(34,35)36)25-8-6-7-24(33)18-25/h6-10,17-18,20,23,38H,11-16,19H2,1-5H3/t20-,23+,30?,31?/m1/s1. The van der Waals surface area contributed by atoms with Crippen LogP contribution in [0.15, 0.2) is 42.5 Å². The molecule has 0 bridgehead atoms. The second kappa shape index (κ2) is 11.8. The summed E-state index contributed by atoms with van der Waals surface area (Å²) < 4.78 is 53.1. The molecule has 1 amide bonds. The molecule has 0 aromatic heterocycles. The van der Waals surface area contributed by atoms with E-state index >= 15 is 0 Å². The minimum Gasteiger partial charge on any atom is -0.467 e. The van der Waals surface area contributed by atoms with Gasteiger partial charge in [0.05, 0.1) is 12.7 Å². The summed E-state index contributed by atoms with van der Waals surface area (Å²) in [5.41, 5.74) is 0.150. The third-order valence-corrected chi connectivity index (χ3v) is 9.81. The highest BCUT2D eigenvalue weighted by Gasteiger charge is 2.60. The number of carbonyl (C=O) groups is 2. The molecule has 2 aliphatic carbocycles. The Balaban J connectivity index is 1.85. The van der Waals surface area contributed by atoms with Crippen LogP contribution in [0.5, 0.6) is 0 Å². The number of fused-ring (bicyclic) bond motifs is 2. The first kappa shape index (κ1) is 32.3. The van der Waals surface area contributed by atoms with Gasteiger partial charge in [-0.3, -0.25) is 9.69 Å². The number of alkyl halides is 3. The molecule has 2 aromatic carbocycles. The maximum absolute atomic E-state index is 14.1. The number of hydrogen-bond donors (Lipinski definition) is 1. The van der Waals surface area contributed by atoms with Crippen LogP contribution in [0.2, 0.25) is 5.02 Å². The van der Waals surface area contributed by atoms with Crippen LogP contribution in [0.4, 0.5) is 18.9 Å². The van der Waals surface area contributed by atoms with Gasteiger partial charge in [-0.25, -0.2) is 4.79 Å². The highest BCUT2D eigenvalue weighted by Crippen LogP contribution is 2.58. The van der Waals surface area contributed by atoms with Gasteiger partial charge in [-0.2, -0.15) is 13.2 Å². The lowest BCUT2D eigenvalue weighted by molar-refractivity contribution is -0.174. The fourth-order valence-electron chi connectivity index (χ4n) is 7.06. The van der Waals surface area contributed by atoms with E-state index in [-0.39, 0.29) is 42.0 Å². The molecule has 0 unspecified atom stereocenters. The SMILES string of the molecule is COC(=O)C1(N(C(=O)C(F)(F)F)c2cccc(Cl)c2)CCC2(CC1)c1cc(C(C)(C)OC)ccc1C[C@@H]2C[C@@H](C)CO. The number of nitrogens with zero attached hydrogens (tertiary/aromatic N) is 1. The molecule has 2 aromatic rings. The van der Waals surface area contributed by atoms with E-state index in [2.05, 4.69) is 12.1 Å². The van der Waals surface area contributed by atoms with Crippen LogP contribution in [0.1, 0.15) is 69.6 Å². The van der Waals surface area contributed by atoms with Crippen LogP contribution in [0, 0.1) is 11.8 Å². The minimum atomic E-state index is -5.24. The molecule has 1 saturated carbocycles. The molecular formula is C32H39ClF3NO5. The molecule has 42 heavy (non-hydrogen) atoms. The molecule has 230 valence electrons. The van der Waals surface area contributed by atoms with Crippen molar-refractivity contribution in [3.63, 3.8) is 0 Å². The van der Waals surface area contributed by atoms with Gasteiger partial charge in [0.15, 0.2) is 0 Å². The summed E-state index contributed by atoms with van der Waals surface area (Å²) in [6.45, 7) is 5.92. The fourth-order valence-corrected chi connectivity index (χ4v) is 7.24. The molecule has 0 heterocycles. The molecule has 1 spiro atoms. The Hall–Kier alpha value is -2.62. The van der Waals surface area contributed by atoms with Gasteiger partial charge in [0, 0.05) is 24.4 Å². The predicted octanol–water partition coefficient (Wildman–Crippen LogP) is 6.73. The van der Waals surface area contributed by atoms with E-state index in [1.54, 1.807) is 7.11 Å². The fraction of sp³-hybridized carbons (Fsp3) is 0.562. The molecule has 0 radical (unpaired) electrons. The predicted molar refractivity (Wildman–Crippen MR) is 154 cm³/mol. The minimum absolute atomic E-state index is 0.0122. The average molecular weight is 610 g/mol. The second-order valence-electron chi connectivity index (χ2n) is 12.3. The summed E-state index contributed by atoms with van der Waals surface area (Å²) in [6, 6.07) is 11.8. The summed E-state index contributed by atoms with van der Waals surface area (Å²) in [6.07, 6.45) is -3.19. The van der Waals surface area contributed by atoms with Gasteiger partial charge in [-0.1, -0.05) is 42.8 Å². The van der Waals surface area contributed by atoms with Crippen molar-refractivity contribution in [2.24, 2.45) is 11.8 Å². The lowest BCUT2D eigenvalue weighted by Gasteiger charge is -2.51. The van der Waals surface area contributed by atoms with Crippen molar-refractivity contribution in [3.8, 4) is 0 Å². The van der Waals surface area contributed by atoms with Gasteiger partial charge < -0.3 is 14.6 Å². The van der Waals surface area contributed by atoms with Crippen molar-refractivity contribution in [2.75, 3.05) is 25.7 Å². The van der Waals surface area contributed by atoms with E-state index in [0.717, 1.165) is 30.2 Å². The molecule has 1 N–H and O–H groups in total. The summed E-state index contributed by atoms with van der Waals surface area (Å²) in [5.74, 6) is -2.95. The van der Waals surface area contributed by atoms with Crippen LogP contribution < -0.4 is 4.90 Å². The highest BCUT2D eigenvalue weighted by molar-refractivity contribution is 6.31. The largest absolute Gasteiger partial charge is 0.471 e. The number of amides is 1. The number of ether oxygens (including phenoxy) is 2. The number of anilines is 1. The number of rotatable bonds is 8. The maximum Gasteiger partial charge on any atom is 0.471 e. The Morgan fingerprint density at radius 2 is 1.76 bits per heavy atom. The zero-order chi connectivity index (χ0) is 31.1. The van der Waals surface area contributed by atoms with Crippen LogP contribution in [-0.4, -0.2) is 49.5 Å². The van der Waals surface area contributed by atoms with Gasteiger partial charge in [-0.15, -0.1) is 0 Å². The molecule has 2 aliphatic rings. The van der Waals surface area contributed by atoms with Crippen molar-refractivity contribution in [1.82, 2.24) is 0 Å². The molecule has 0 aliphatic heterocycles. The molecular weight excluding hydrogens is 571 g/mol. The first-order valence-corrected chi connectivity index (χ1v) is 14.6. The Morgan fingerprint density at radius 3 is 2.31 bits per heavy atom. The van der Waals surface area contributed by atoms with E-state index in [4.69, 9.17) is 21.1 Å². The van der Waals surface area contributed by atoms with E-state index in [0.29, 0.717) is 24.2 Å². The maximum atomic E-state index is 14.1. The molecule has 1 fully saturated rings. The second-order valence-corrected chi connectivity index (χ2v) is 12.7. The van der Waals surface area contributed by atoms with Gasteiger partial charge in [0.2, 0.25) is 0 Å². The van der Waals surface area contributed by atoms with E-state index < -0.39 is 34.6 Å². The number of halogens is 4. The number of carbonyl (C=O) groups excluding carboxylic acids is 2. The molecule has 0 saturated heterocycles. The monoisotopic (exact) mass is 609 g/mol. The summed E-state index contributed by atoms with van der Waals surface area (Å²) in [5, 5.41) is 10.0. The van der Waals surface area contributed by atoms with E-state index in [9.17, 15) is 27.9 Å². The number of aliphatic hydroxyl groups excluding tert-OH is 1. The first-order chi connectivity index (χ1) is 19.6. The van der Waals surface area contributed by atoms with Crippen molar-refractivity contribution in [3.05, 3.63) is 64.2 Å². The van der Waals surface area contributed by atoms with Crippen LogP contribution in [-0.2, 0) is 36.5 Å². The topological polar surface area (TPSA) is 76.1 Å². The number of esters is 1. The number of benzene rings is 2. The lowest BCUT2D eigenvalue weighted by atomic mass is 9.59. The number of hydrogen-bond acceptors (Lipinski definition) is 5. The van der Waals surface area contributed by atoms with Gasteiger partial charge in [0.1, 0.15) is 5.54 Å². The zero-order valence-corrected chi connectivity index (χ0v) is 25.4. The first-order valence-electron chi connectivity index (χ1n) is 14.2. The van der Waals surface area contributed by atoms with E-state index in [1.807, 2.05) is 26.8 Å². The lowest BCUT2D eigenvalue weighted by Crippen LogP contribution is -2.63. The Morgan fingerprint density at radius 1 is 1.10 bits per heavy atom. The van der Waals surface area contributed by atoms with E-state index in [1.165, 1.54) is 24.3 Å². The van der Waals surface area contributed by atoms with Gasteiger partial charge in [-0.05, 0) is 105 Å². The quantitative estimate of drug-likeness (QED) is 0.336. The Labute approximate surface area is 250 Å². The Kier molecular flexibility index (Phi) is 9.08. The summed E-state index contributed by atoms with van der Waals surface area (Å²) in [4.78, 5) is 27.1. The molecule has 10 heteroatoms. The van der Waals surface area contributed by atoms with Crippen molar-refractivity contribution in [1.29, 1.82) is 0 Å². The molecule has 6 nitrogen and oxygen atoms in total. The van der Waals surface area contributed by atoms with Crippen LogP contribution in [0.25, 0.3) is 0 Å². The highest BCUT2D eigenvalue weighted by atomic mass is 35.5. The van der Waals surface area contributed by atoms with Crippen LogP contribution in [0.3, 0.4) is 0 Å². The molecule has 4 rings (SSSR count). The summed E-state index contributed by atoms with van der Waals surface area (Å²) in [7, 11) is 2.76. The smallest absolute Gasteiger partial charge is 0.467 e. The van der Waals surface area contributed by atoms with Crippen molar-refractivity contribution in [2.45, 2.75) is 82.0 Å². The molecule has 2 atom stereocenters. The third-order valence-electron chi connectivity index (χ3n) is 9.57. The van der Waals surface area contributed by atoms with Crippen molar-refractivity contribution >= 4 is 29.2 Å². The average Bonchev–Trinajstić information content (AvgIpc) is 3.24. The third kappa shape index (κ3) is 5.67. The van der Waals surface area contributed by atoms with Gasteiger partial charge in [0.25, 0.3) is 0 Å². The number of aliphatic hydroxyl groups is 1. The zero-order valence-electron chi connectivity index (χ0n) is 24.7. The van der Waals surface area contributed by atoms with Crippen molar-refractivity contribution < 1.29 is 37.3 Å². The van der Waals surface area contributed by atoms with Gasteiger partial charge >= 0.3 is 18.1 Å². The number of methoxy groups -OCH3 is 2. The summed E-state index contributed by atoms with van der Waals surface area (Å²) >= 11 is 6.14. The Bertz CT molecular complexity index is 1320. The normalized spacial score (nSPS) is 24.8. The van der Waals surface area contributed by atoms with Crippen LogP contribution >= 0.6 is 11.6 Å².